The number of hydrogen-bond donors (Lipinski definition) is 1. The summed E-state index contributed by atoms with van der Waals surface area (Å²) in [5.41, 5.74) is 6.35. The molecule has 0 aliphatic rings. The molecule has 0 saturated carbocycles. The van der Waals surface area contributed by atoms with Crippen molar-refractivity contribution in [2.75, 3.05) is 0 Å². The maximum absolute atomic E-state index is 11.5. The number of furan rings is 1. The van der Waals surface area contributed by atoms with E-state index in [2.05, 4.69) is 16.0 Å². The smallest absolute Gasteiger partial charge is 0.280 e. The fourth-order valence-corrected chi connectivity index (χ4v) is 3.42. The second kappa shape index (κ2) is 7.58. The number of aryl methyl sites for hydroxylation is 4. The summed E-state index contributed by atoms with van der Waals surface area (Å²) in [5.74, 6) is 1.22. The Labute approximate surface area is 178 Å². The van der Waals surface area contributed by atoms with E-state index < -0.39 is 4.92 Å². The van der Waals surface area contributed by atoms with Crippen LogP contribution in [0.1, 0.15) is 33.8 Å². The Kier molecular flexibility index (Phi) is 4.91. The van der Waals surface area contributed by atoms with Gasteiger partial charge in [0, 0.05) is 12.1 Å². The van der Waals surface area contributed by atoms with Crippen LogP contribution >= 0.6 is 0 Å². The quantitative estimate of drug-likeness (QED) is 0.250. The van der Waals surface area contributed by atoms with Crippen LogP contribution < -0.4 is 0 Å². The average molecular weight is 412 g/mol. The molecule has 0 spiro atoms. The molecule has 0 amide bonds. The lowest BCUT2D eigenvalue weighted by molar-refractivity contribution is -0.384. The standard InChI is InChI=1S/C24H20N4O3/c1-13-7-19(22(28(29)30)10-16(13)4)23-6-5-18(31-23)11-17(12-25)24-26-20-8-14(2)15(3)9-21(20)27-24/h5-11H,1-4H3,(H,26,27)/b17-11-. The van der Waals surface area contributed by atoms with E-state index >= 15 is 0 Å². The Hall–Kier alpha value is -4.18. The summed E-state index contributed by atoms with van der Waals surface area (Å²) in [5, 5.41) is 21.2. The van der Waals surface area contributed by atoms with E-state index in [1.807, 2.05) is 39.8 Å². The van der Waals surface area contributed by atoms with Gasteiger partial charge in [0.1, 0.15) is 23.4 Å². The van der Waals surface area contributed by atoms with Crippen LogP contribution in [-0.4, -0.2) is 14.9 Å². The van der Waals surface area contributed by atoms with E-state index in [1.165, 1.54) is 0 Å². The van der Waals surface area contributed by atoms with Gasteiger partial charge >= 0.3 is 0 Å². The lowest BCUT2D eigenvalue weighted by Crippen LogP contribution is -1.94. The van der Waals surface area contributed by atoms with Crippen LogP contribution in [0.3, 0.4) is 0 Å². The van der Waals surface area contributed by atoms with E-state index in [0.29, 0.717) is 28.5 Å². The topological polar surface area (TPSA) is 109 Å². The van der Waals surface area contributed by atoms with Gasteiger partial charge in [0.15, 0.2) is 0 Å². The van der Waals surface area contributed by atoms with Crippen molar-refractivity contribution >= 4 is 28.4 Å². The molecule has 4 aromatic rings. The van der Waals surface area contributed by atoms with Gasteiger partial charge in [-0.05, 0) is 80.3 Å². The molecule has 154 valence electrons. The number of aromatic nitrogens is 2. The van der Waals surface area contributed by atoms with Gasteiger partial charge in [-0.15, -0.1) is 0 Å². The number of nitrogens with one attached hydrogen (secondary N) is 1. The predicted molar refractivity (Wildman–Crippen MR) is 119 cm³/mol. The summed E-state index contributed by atoms with van der Waals surface area (Å²) in [6, 6.07) is 12.8. The first-order chi connectivity index (χ1) is 14.8. The van der Waals surface area contributed by atoms with Crippen molar-refractivity contribution in [1.82, 2.24) is 9.97 Å². The Bertz CT molecular complexity index is 1380. The van der Waals surface area contributed by atoms with Gasteiger partial charge in [0.25, 0.3) is 5.69 Å². The molecule has 2 aromatic heterocycles. The van der Waals surface area contributed by atoms with Crippen molar-refractivity contribution in [3.8, 4) is 17.4 Å². The van der Waals surface area contributed by atoms with Gasteiger partial charge in [-0.1, -0.05) is 0 Å². The molecule has 1 N–H and O–H groups in total. The first-order valence-corrected chi connectivity index (χ1v) is 9.72. The van der Waals surface area contributed by atoms with Crippen molar-refractivity contribution in [2.24, 2.45) is 0 Å². The van der Waals surface area contributed by atoms with Crippen molar-refractivity contribution in [3.05, 3.63) is 80.4 Å². The highest BCUT2D eigenvalue weighted by Crippen LogP contribution is 2.34. The maximum atomic E-state index is 11.5. The molecule has 0 aliphatic heterocycles. The number of imidazole rings is 1. The third kappa shape index (κ3) is 3.71. The zero-order chi connectivity index (χ0) is 22.3. The average Bonchev–Trinajstić information content (AvgIpc) is 3.35. The molecule has 0 bridgehead atoms. The number of allylic oxidation sites excluding steroid dienone is 1. The van der Waals surface area contributed by atoms with Gasteiger partial charge in [-0.2, -0.15) is 5.26 Å². The predicted octanol–water partition coefficient (Wildman–Crippen LogP) is 6.03. The Morgan fingerprint density at radius 2 is 1.77 bits per heavy atom. The molecule has 2 aromatic carbocycles. The number of H-pyrrole nitrogens is 1. The zero-order valence-electron chi connectivity index (χ0n) is 17.6. The molecule has 0 aliphatic carbocycles. The lowest BCUT2D eigenvalue weighted by Gasteiger charge is -2.04. The molecular weight excluding hydrogens is 392 g/mol. The highest BCUT2D eigenvalue weighted by molar-refractivity contribution is 5.90. The van der Waals surface area contributed by atoms with Crippen LogP contribution in [-0.2, 0) is 0 Å². The summed E-state index contributed by atoms with van der Waals surface area (Å²) in [7, 11) is 0. The summed E-state index contributed by atoms with van der Waals surface area (Å²) < 4.78 is 5.85. The SMILES string of the molecule is Cc1cc(-c2ccc(/C=C(/C#N)c3nc4cc(C)c(C)cc4[nH]3)o2)c([N+](=O)[O-])cc1C. The summed E-state index contributed by atoms with van der Waals surface area (Å²) in [6.45, 7) is 7.76. The highest BCUT2D eigenvalue weighted by Gasteiger charge is 2.20. The number of nitro groups is 1. The molecule has 0 fully saturated rings. The number of nitro benzene ring substituents is 1. The molecule has 7 nitrogen and oxygen atoms in total. The minimum absolute atomic E-state index is 0.0171. The van der Waals surface area contributed by atoms with E-state index in [0.717, 1.165) is 33.3 Å². The van der Waals surface area contributed by atoms with Crippen LogP contribution in [0, 0.1) is 49.1 Å². The highest BCUT2D eigenvalue weighted by atomic mass is 16.6. The van der Waals surface area contributed by atoms with Crippen molar-refractivity contribution < 1.29 is 9.34 Å². The number of rotatable bonds is 4. The number of hydrogen-bond acceptors (Lipinski definition) is 5. The van der Waals surface area contributed by atoms with Crippen LogP contribution in [0.2, 0.25) is 0 Å². The largest absolute Gasteiger partial charge is 0.456 e. The second-order valence-electron chi connectivity index (χ2n) is 7.62. The Morgan fingerprint density at radius 3 is 2.48 bits per heavy atom. The molecular formula is C24H20N4O3. The van der Waals surface area contributed by atoms with Crippen LogP contribution in [0.15, 0.2) is 40.8 Å². The summed E-state index contributed by atoms with van der Waals surface area (Å²) in [4.78, 5) is 18.8. The molecule has 0 atom stereocenters. The van der Waals surface area contributed by atoms with Gasteiger partial charge in [0.2, 0.25) is 0 Å². The monoisotopic (exact) mass is 412 g/mol. The summed E-state index contributed by atoms with van der Waals surface area (Å²) >= 11 is 0. The molecule has 7 heteroatoms. The number of fused-ring (bicyclic) bond motifs is 1. The third-order valence-electron chi connectivity index (χ3n) is 5.46. The number of benzene rings is 2. The number of nitriles is 1. The number of nitrogens with zero attached hydrogens (tertiary/aromatic N) is 3. The minimum atomic E-state index is -0.418. The van der Waals surface area contributed by atoms with E-state index in [1.54, 1.807) is 30.3 Å². The lowest BCUT2D eigenvalue weighted by atomic mass is 10.0. The Morgan fingerprint density at radius 1 is 1.10 bits per heavy atom. The molecule has 2 heterocycles. The Balaban J connectivity index is 1.75. The van der Waals surface area contributed by atoms with Crippen LogP contribution in [0.5, 0.6) is 0 Å². The number of aromatic amines is 1. The first-order valence-electron chi connectivity index (χ1n) is 9.72. The van der Waals surface area contributed by atoms with E-state index in [-0.39, 0.29) is 5.69 Å². The fourth-order valence-electron chi connectivity index (χ4n) is 3.42. The van der Waals surface area contributed by atoms with Crippen molar-refractivity contribution in [1.29, 1.82) is 5.26 Å². The first kappa shape index (κ1) is 20.1. The molecule has 0 unspecified atom stereocenters. The van der Waals surface area contributed by atoms with Crippen molar-refractivity contribution in [3.63, 3.8) is 0 Å². The third-order valence-corrected chi connectivity index (χ3v) is 5.46. The normalized spacial score (nSPS) is 11.6. The van der Waals surface area contributed by atoms with Crippen LogP contribution in [0.25, 0.3) is 34.0 Å². The van der Waals surface area contributed by atoms with Crippen molar-refractivity contribution in [2.45, 2.75) is 27.7 Å². The molecule has 0 saturated heterocycles. The second-order valence-corrected chi connectivity index (χ2v) is 7.62. The fraction of sp³-hybridized carbons (Fsp3) is 0.167. The zero-order valence-corrected chi connectivity index (χ0v) is 17.6. The minimum Gasteiger partial charge on any atom is -0.456 e. The van der Waals surface area contributed by atoms with Gasteiger partial charge in [-0.3, -0.25) is 10.1 Å². The van der Waals surface area contributed by atoms with E-state index in [4.69, 9.17) is 4.42 Å². The molecule has 4 rings (SSSR count). The summed E-state index contributed by atoms with van der Waals surface area (Å²) in [6.07, 6.45) is 1.58. The van der Waals surface area contributed by atoms with Crippen LogP contribution in [0.4, 0.5) is 5.69 Å². The van der Waals surface area contributed by atoms with Gasteiger partial charge < -0.3 is 9.40 Å². The van der Waals surface area contributed by atoms with E-state index in [9.17, 15) is 15.4 Å². The molecule has 0 radical (unpaired) electrons. The van der Waals surface area contributed by atoms with Gasteiger partial charge in [-0.25, -0.2) is 4.98 Å². The maximum Gasteiger partial charge on any atom is 0.280 e. The van der Waals surface area contributed by atoms with Gasteiger partial charge in [0.05, 0.1) is 27.1 Å². The molecule has 31 heavy (non-hydrogen) atoms.